The fraction of sp³-hybridized carbons (Fsp3) is 0.545. The second kappa shape index (κ2) is 12.5. The number of allylic oxidation sites excluding steroid dienone is 2. The highest BCUT2D eigenvalue weighted by atomic mass is 28.4. The third-order valence-corrected chi connectivity index (χ3v) is 9.07. The average molecular weight is 409 g/mol. The third-order valence-electron chi connectivity index (χ3n) is 4.53. The molecule has 158 valence electrons. The Kier molecular flexibility index (Phi) is 11.7. The first kappa shape index (κ1) is 26.1. The van der Waals surface area contributed by atoms with Crippen molar-refractivity contribution in [1.29, 1.82) is 0 Å². The van der Waals surface area contributed by atoms with Gasteiger partial charge in [0.05, 0.1) is 6.61 Å². The van der Waals surface area contributed by atoms with Crippen LogP contribution in [0.3, 0.4) is 0 Å². The van der Waals surface area contributed by atoms with E-state index in [1.165, 1.54) is 6.08 Å². The predicted molar refractivity (Wildman–Crippen MR) is 117 cm³/mol. The fourth-order valence-electron chi connectivity index (χ4n) is 1.80. The molecule has 0 rings (SSSR count). The molecule has 0 fully saturated rings. The number of hydrogen-bond acceptors (Lipinski definition) is 5. The van der Waals surface area contributed by atoms with Gasteiger partial charge in [-0.15, -0.1) is 0 Å². The van der Waals surface area contributed by atoms with Crippen LogP contribution in [0.4, 0.5) is 0 Å². The van der Waals surface area contributed by atoms with E-state index in [4.69, 9.17) is 13.9 Å². The second-order valence-corrected chi connectivity index (χ2v) is 12.7. The highest BCUT2D eigenvalue weighted by molar-refractivity contribution is 6.74. The quantitative estimate of drug-likeness (QED) is 0.119. The maximum atomic E-state index is 11.7. The van der Waals surface area contributed by atoms with Gasteiger partial charge in [0.25, 0.3) is 0 Å². The summed E-state index contributed by atoms with van der Waals surface area (Å²) in [5.74, 6) is -1.21. The largest absolute Gasteiger partial charge is 0.463 e. The van der Waals surface area contributed by atoms with E-state index in [2.05, 4.69) is 46.5 Å². The maximum absolute atomic E-state index is 11.7. The molecule has 0 aromatic carbocycles. The van der Waals surface area contributed by atoms with Gasteiger partial charge in [-0.2, -0.15) is 0 Å². The minimum absolute atomic E-state index is 0.203. The summed E-state index contributed by atoms with van der Waals surface area (Å²) in [5, 5.41) is 0.203. The van der Waals surface area contributed by atoms with E-state index < -0.39 is 26.4 Å². The molecule has 0 saturated heterocycles. The highest BCUT2D eigenvalue weighted by Gasteiger charge is 2.36. The lowest BCUT2D eigenvalue weighted by Crippen LogP contribution is -2.40. The molecule has 0 aliphatic rings. The van der Waals surface area contributed by atoms with E-state index in [1.807, 2.05) is 13.0 Å². The van der Waals surface area contributed by atoms with Crippen LogP contribution < -0.4 is 0 Å². The Morgan fingerprint density at radius 3 is 2.25 bits per heavy atom. The van der Waals surface area contributed by atoms with E-state index in [-0.39, 0.29) is 11.6 Å². The van der Waals surface area contributed by atoms with Gasteiger partial charge in [-0.25, -0.2) is 9.59 Å². The van der Waals surface area contributed by atoms with Crippen LogP contribution in [-0.2, 0) is 23.5 Å². The van der Waals surface area contributed by atoms with E-state index in [0.717, 1.165) is 24.1 Å². The molecule has 5 nitrogen and oxygen atoms in total. The molecular formula is C22H36O5Si. The summed E-state index contributed by atoms with van der Waals surface area (Å²) in [5.41, 5.74) is 1.05. The van der Waals surface area contributed by atoms with Gasteiger partial charge in [-0.1, -0.05) is 45.1 Å². The SMILES string of the molecule is C=CC(/C=C/C(C)=C/CCO[Si](C)(C)C(C)(C)C)OC(=O)/C=C/C(=O)OCC. The first-order chi connectivity index (χ1) is 12.9. The van der Waals surface area contributed by atoms with E-state index >= 15 is 0 Å². The van der Waals surface area contributed by atoms with Crippen LogP contribution in [0.15, 0.2) is 48.6 Å². The van der Waals surface area contributed by atoms with Gasteiger partial charge in [0.1, 0.15) is 6.10 Å². The first-order valence-corrected chi connectivity index (χ1v) is 12.5. The molecule has 0 aliphatic carbocycles. The topological polar surface area (TPSA) is 61.8 Å². The summed E-state index contributed by atoms with van der Waals surface area (Å²) >= 11 is 0. The van der Waals surface area contributed by atoms with E-state index in [0.29, 0.717) is 6.61 Å². The molecule has 0 spiro atoms. The Hall–Kier alpha value is -1.92. The fourth-order valence-corrected chi connectivity index (χ4v) is 2.86. The molecule has 6 heteroatoms. The Morgan fingerprint density at radius 1 is 1.11 bits per heavy atom. The normalized spacial score (nSPS) is 14.3. The molecule has 0 aromatic rings. The number of ether oxygens (including phenoxy) is 2. The standard InChI is InChI=1S/C22H36O5Si/c1-9-19(27-21(24)16-15-20(23)25-10-2)14-13-18(3)12-11-17-26-28(7,8)22(4,5)6/h9,12-16,19H,1,10-11,17H2,2-8H3/b14-13+,16-15+,18-12+. The molecule has 0 N–H and O–H groups in total. The number of rotatable bonds is 11. The van der Waals surface area contributed by atoms with Crippen LogP contribution in [0.25, 0.3) is 0 Å². The summed E-state index contributed by atoms with van der Waals surface area (Å²) in [6.07, 6.45) is 9.55. The third kappa shape index (κ3) is 11.0. The zero-order valence-corrected chi connectivity index (χ0v) is 19.4. The van der Waals surface area contributed by atoms with Crippen molar-refractivity contribution in [3.63, 3.8) is 0 Å². The van der Waals surface area contributed by atoms with Crippen LogP contribution in [0.2, 0.25) is 18.1 Å². The van der Waals surface area contributed by atoms with Crippen molar-refractivity contribution in [1.82, 2.24) is 0 Å². The van der Waals surface area contributed by atoms with Gasteiger partial charge in [0.15, 0.2) is 8.32 Å². The van der Waals surface area contributed by atoms with Crippen molar-refractivity contribution in [2.24, 2.45) is 0 Å². The molecule has 0 bridgehead atoms. The minimum atomic E-state index is -1.72. The lowest BCUT2D eigenvalue weighted by Gasteiger charge is -2.36. The molecule has 0 heterocycles. The molecule has 0 aromatic heterocycles. The minimum Gasteiger partial charge on any atom is -0.463 e. The Balaban J connectivity index is 4.53. The van der Waals surface area contributed by atoms with Gasteiger partial charge in [-0.05, 0) is 50.6 Å². The van der Waals surface area contributed by atoms with E-state index in [9.17, 15) is 9.59 Å². The maximum Gasteiger partial charge on any atom is 0.331 e. The lowest BCUT2D eigenvalue weighted by atomic mass is 10.2. The van der Waals surface area contributed by atoms with Crippen molar-refractivity contribution in [3.8, 4) is 0 Å². The molecule has 0 amide bonds. The Bertz CT molecular complexity index is 609. The Morgan fingerprint density at radius 2 is 1.71 bits per heavy atom. The van der Waals surface area contributed by atoms with Gasteiger partial charge in [-0.3, -0.25) is 0 Å². The van der Waals surface area contributed by atoms with Crippen LogP contribution in [0.1, 0.15) is 41.0 Å². The number of carbonyl (C=O) groups is 2. The number of carbonyl (C=O) groups excluding carboxylic acids is 2. The van der Waals surface area contributed by atoms with Crippen LogP contribution in [-0.4, -0.2) is 39.6 Å². The van der Waals surface area contributed by atoms with Gasteiger partial charge < -0.3 is 13.9 Å². The summed E-state index contributed by atoms with van der Waals surface area (Å²) in [6.45, 7) is 19.4. The van der Waals surface area contributed by atoms with Crippen LogP contribution >= 0.6 is 0 Å². The molecule has 0 radical (unpaired) electrons. The van der Waals surface area contributed by atoms with E-state index in [1.54, 1.807) is 13.0 Å². The van der Waals surface area contributed by atoms with Crippen molar-refractivity contribution >= 4 is 20.3 Å². The monoisotopic (exact) mass is 408 g/mol. The average Bonchev–Trinajstić information content (AvgIpc) is 2.59. The molecule has 1 atom stereocenters. The van der Waals surface area contributed by atoms with Gasteiger partial charge >= 0.3 is 11.9 Å². The molecule has 1 unspecified atom stereocenters. The van der Waals surface area contributed by atoms with Crippen LogP contribution in [0.5, 0.6) is 0 Å². The van der Waals surface area contributed by atoms with Crippen molar-refractivity contribution in [2.45, 2.75) is 65.3 Å². The highest BCUT2D eigenvalue weighted by Crippen LogP contribution is 2.36. The molecule has 28 heavy (non-hydrogen) atoms. The molecular weight excluding hydrogens is 372 g/mol. The first-order valence-electron chi connectivity index (χ1n) is 9.60. The summed E-state index contributed by atoms with van der Waals surface area (Å²) in [4.78, 5) is 22.9. The smallest absolute Gasteiger partial charge is 0.331 e. The van der Waals surface area contributed by atoms with Crippen LogP contribution in [0, 0.1) is 0 Å². The summed E-state index contributed by atoms with van der Waals surface area (Å²) in [6, 6.07) is 0. The molecule has 0 aliphatic heterocycles. The van der Waals surface area contributed by atoms with Crippen molar-refractivity contribution in [2.75, 3.05) is 13.2 Å². The zero-order valence-electron chi connectivity index (χ0n) is 18.4. The van der Waals surface area contributed by atoms with Crippen molar-refractivity contribution < 1.29 is 23.5 Å². The number of esters is 2. The zero-order chi connectivity index (χ0) is 21.8. The Labute approximate surface area is 171 Å². The van der Waals surface area contributed by atoms with Crippen molar-refractivity contribution in [3.05, 3.63) is 48.6 Å². The van der Waals surface area contributed by atoms with Gasteiger partial charge in [0.2, 0.25) is 0 Å². The summed E-state index contributed by atoms with van der Waals surface area (Å²) < 4.78 is 16.1. The van der Waals surface area contributed by atoms with Gasteiger partial charge in [0, 0.05) is 18.8 Å². The molecule has 0 saturated carbocycles. The lowest BCUT2D eigenvalue weighted by molar-refractivity contribution is -0.141. The summed E-state index contributed by atoms with van der Waals surface area (Å²) in [7, 11) is -1.72. The predicted octanol–water partition coefficient (Wildman–Crippen LogP) is 5.12. The second-order valence-electron chi connectivity index (χ2n) is 7.93. The number of hydrogen-bond donors (Lipinski definition) is 0.